The molecule has 0 aromatic rings. The molecular formula is C9H14O3. The van der Waals surface area contributed by atoms with Crippen molar-refractivity contribution in [3.63, 3.8) is 0 Å². The Hall–Kier alpha value is -0.570. The number of carboxylic acid groups (broad SMARTS) is 1. The number of aliphatic carboxylic acids is 1. The van der Waals surface area contributed by atoms with Gasteiger partial charge in [0, 0.05) is 12.5 Å². The zero-order valence-corrected chi connectivity index (χ0v) is 7.25. The third-order valence-electron chi connectivity index (χ3n) is 3.43. The van der Waals surface area contributed by atoms with Gasteiger partial charge < -0.3 is 9.84 Å². The van der Waals surface area contributed by atoms with Crippen LogP contribution in [-0.4, -0.2) is 24.3 Å². The molecule has 3 heteroatoms. The van der Waals surface area contributed by atoms with Crippen molar-refractivity contribution < 1.29 is 14.6 Å². The number of carbonyl (C=O) groups is 1. The predicted octanol–water partition coefficient (Wildman–Crippen LogP) is 1.28. The van der Waals surface area contributed by atoms with E-state index in [9.17, 15) is 4.79 Å². The Bertz CT molecular complexity index is 206. The summed E-state index contributed by atoms with van der Waals surface area (Å²) in [6.07, 6.45) is 4.43. The van der Waals surface area contributed by atoms with E-state index >= 15 is 0 Å². The van der Waals surface area contributed by atoms with Crippen molar-refractivity contribution in [2.75, 3.05) is 7.11 Å². The number of rotatable bonds is 2. The molecule has 0 saturated heterocycles. The zero-order valence-electron chi connectivity index (χ0n) is 7.25. The molecule has 12 heavy (non-hydrogen) atoms. The van der Waals surface area contributed by atoms with Gasteiger partial charge in [-0.2, -0.15) is 0 Å². The molecule has 3 nitrogen and oxygen atoms in total. The molecule has 1 N–H and O–H groups in total. The smallest absolute Gasteiger partial charge is 0.309 e. The highest BCUT2D eigenvalue weighted by Crippen LogP contribution is 2.64. The Balaban J connectivity index is 2.12. The highest BCUT2D eigenvalue weighted by Gasteiger charge is 2.69. The molecule has 68 valence electrons. The van der Waals surface area contributed by atoms with E-state index in [1.807, 2.05) is 0 Å². The normalized spacial score (nSPS) is 37.1. The molecule has 0 aromatic carbocycles. The van der Waals surface area contributed by atoms with Crippen molar-refractivity contribution in [1.29, 1.82) is 0 Å². The predicted molar refractivity (Wildman–Crippen MR) is 42.8 cm³/mol. The molecule has 0 heterocycles. The second kappa shape index (κ2) is 2.46. The lowest BCUT2D eigenvalue weighted by Gasteiger charge is -2.04. The van der Waals surface area contributed by atoms with Crippen LogP contribution in [0.2, 0.25) is 0 Å². The molecule has 0 bridgehead atoms. The molecule has 2 atom stereocenters. The molecule has 2 aliphatic rings. The fraction of sp³-hybridized carbons (Fsp3) is 0.889. The van der Waals surface area contributed by atoms with Gasteiger partial charge in [0.25, 0.3) is 0 Å². The van der Waals surface area contributed by atoms with Gasteiger partial charge in [0.2, 0.25) is 0 Å². The Morgan fingerprint density at radius 2 is 2.08 bits per heavy atom. The molecule has 1 spiro atoms. The van der Waals surface area contributed by atoms with Crippen LogP contribution < -0.4 is 0 Å². The van der Waals surface area contributed by atoms with Crippen molar-refractivity contribution >= 4 is 5.97 Å². The van der Waals surface area contributed by atoms with Crippen molar-refractivity contribution in [3.05, 3.63) is 0 Å². The number of hydrogen-bond donors (Lipinski definition) is 1. The molecule has 2 saturated carbocycles. The van der Waals surface area contributed by atoms with Crippen molar-refractivity contribution in [1.82, 2.24) is 0 Å². The second-order valence-electron chi connectivity index (χ2n) is 3.91. The summed E-state index contributed by atoms with van der Waals surface area (Å²) in [6, 6.07) is 0. The average Bonchev–Trinajstić information content (AvgIpc) is 2.34. The molecule has 2 aliphatic carbocycles. The lowest BCUT2D eigenvalue weighted by atomic mass is 10.0. The van der Waals surface area contributed by atoms with Crippen LogP contribution in [0.25, 0.3) is 0 Å². The third-order valence-corrected chi connectivity index (χ3v) is 3.43. The van der Waals surface area contributed by atoms with Gasteiger partial charge in [0.05, 0.1) is 12.0 Å². The summed E-state index contributed by atoms with van der Waals surface area (Å²) in [4.78, 5) is 10.8. The van der Waals surface area contributed by atoms with Crippen LogP contribution in [0.3, 0.4) is 0 Å². The minimum atomic E-state index is -0.677. The van der Waals surface area contributed by atoms with E-state index in [1.165, 1.54) is 12.8 Å². The quantitative estimate of drug-likeness (QED) is 0.679. The number of hydrogen-bond acceptors (Lipinski definition) is 2. The van der Waals surface area contributed by atoms with Gasteiger partial charge in [-0.15, -0.1) is 0 Å². The maximum Gasteiger partial charge on any atom is 0.309 e. The van der Waals surface area contributed by atoms with Crippen LogP contribution in [0.4, 0.5) is 0 Å². The summed E-state index contributed by atoms with van der Waals surface area (Å²) in [7, 11) is 1.62. The maximum absolute atomic E-state index is 10.8. The van der Waals surface area contributed by atoms with E-state index in [4.69, 9.17) is 9.84 Å². The monoisotopic (exact) mass is 170 g/mol. The first-order chi connectivity index (χ1) is 5.72. The van der Waals surface area contributed by atoms with Crippen LogP contribution >= 0.6 is 0 Å². The van der Waals surface area contributed by atoms with Crippen LogP contribution in [-0.2, 0) is 9.53 Å². The fourth-order valence-electron chi connectivity index (χ4n) is 2.83. The van der Waals surface area contributed by atoms with Crippen LogP contribution in [0.15, 0.2) is 0 Å². The lowest BCUT2D eigenvalue weighted by molar-refractivity contribution is -0.140. The van der Waals surface area contributed by atoms with Crippen LogP contribution in [0, 0.1) is 11.3 Å². The zero-order chi connectivity index (χ0) is 8.77. The molecule has 0 radical (unpaired) electrons. The van der Waals surface area contributed by atoms with Gasteiger partial charge in [0.15, 0.2) is 0 Å². The van der Waals surface area contributed by atoms with E-state index in [2.05, 4.69) is 0 Å². The maximum atomic E-state index is 10.8. The minimum absolute atomic E-state index is 0.00231. The van der Waals surface area contributed by atoms with Gasteiger partial charge >= 0.3 is 5.97 Å². The van der Waals surface area contributed by atoms with Gasteiger partial charge in [-0.25, -0.2) is 0 Å². The molecule has 0 unspecified atom stereocenters. The molecule has 0 amide bonds. The van der Waals surface area contributed by atoms with Crippen LogP contribution in [0.1, 0.15) is 25.7 Å². The summed E-state index contributed by atoms with van der Waals surface area (Å²) in [5, 5.41) is 8.90. The Labute approximate surface area is 71.7 Å². The van der Waals surface area contributed by atoms with Gasteiger partial charge in [-0.1, -0.05) is 12.8 Å². The molecule has 2 fully saturated rings. The number of carboxylic acids is 1. The number of ether oxygens (including phenoxy) is 1. The van der Waals surface area contributed by atoms with E-state index in [-0.39, 0.29) is 17.4 Å². The minimum Gasteiger partial charge on any atom is -0.481 e. The van der Waals surface area contributed by atoms with E-state index in [1.54, 1.807) is 7.11 Å². The largest absolute Gasteiger partial charge is 0.481 e. The van der Waals surface area contributed by atoms with Gasteiger partial charge in [-0.05, 0) is 12.8 Å². The van der Waals surface area contributed by atoms with Crippen molar-refractivity contribution in [3.8, 4) is 0 Å². The Morgan fingerprint density at radius 3 is 2.42 bits per heavy atom. The highest BCUT2D eigenvalue weighted by molar-refractivity contribution is 5.76. The van der Waals surface area contributed by atoms with Crippen LogP contribution in [0.5, 0.6) is 0 Å². The van der Waals surface area contributed by atoms with Crippen molar-refractivity contribution in [2.45, 2.75) is 31.8 Å². The first kappa shape index (κ1) is 8.05. The lowest BCUT2D eigenvalue weighted by Crippen LogP contribution is -2.06. The standard InChI is InChI=1S/C9H14O3/c1-12-7-6(8(10)11)9(7)4-2-3-5-9/h6-7H,2-5H2,1H3,(H,10,11)/t6-,7+/m0/s1. The van der Waals surface area contributed by atoms with E-state index < -0.39 is 5.97 Å². The summed E-state index contributed by atoms with van der Waals surface area (Å²) >= 11 is 0. The Morgan fingerprint density at radius 1 is 1.50 bits per heavy atom. The molecular weight excluding hydrogens is 156 g/mol. The summed E-state index contributed by atoms with van der Waals surface area (Å²) in [6.45, 7) is 0. The molecule has 0 aromatic heterocycles. The first-order valence-electron chi connectivity index (χ1n) is 4.48. The van der Waals surface area contributed by atoms with E-state index in [0.717, 1.165) is 12.8 Å². The summed E-state index contributed by atoms with van der Waals surface area (Å²) in [5.41, 5.74) is 0.0284. The highest BCUT2D eigenvalue weighted by atomic mass is 16.5. The molecule has 2 rings (SSSR count). The first-order valence-corrected chi connectivity index (χ1v) is 4.48. The van der Waals surface area contributed by atoms with Gasteiger partial charge in [0.1, 0.15) is 0 Å². The SMILES string of the molecule is CO[C@@H]1[C@@H](C(=O)O)C12CCCC2. The topological polar surface area (TPSA) is 46.5 Å². The van der Waals surface area contributed by atoms with Crippen molar-refractivity contribution in [2.24, 2.45) is 11.3 Å². The molecule has 0 aliphatic heterocycles. The fourth-order valence-corrected chi connectivity index (χ4v) is 2.83. The van der Waals surface area contributed by atoms with Gasteiger partial charge in [-0.3, -0.25) is 4.79 Å². The Kier molecular flexibility index (Phi) is 1.65. The average molecular weight is 170 g/mol. The number of methoxy groups -OCH3 is 1. The third kappa shape index (κ3) is 0.829. The van der Waals surface area contributed by atoms with E-state index in [0.29, 0.717) is 0 Å². The summed E-state index contributed by atoms with van der Waals surface area (Å²) in [5.74, 6) is -0.895. The summed E-state index contributed by atoms with van der Waals surface area (Å²) < 4.78 is 5.19. The second-order valence-corrected chi connectivity index (χ2v) is 3.91.